The second kappa shape index (κ2) is 8.51. The van der Waals surface area contributed by atoms with Crippen LogP contribution in [-0.4, -0.2) is 22.1 Å². The van der Waals surface area contributed by atoms with Crippen molar-refractivity contribution in [2.45, 2.75) is 26.2 Å². The normalized spacial score (nSPS) is 12.7. The van der Waals surface area contributed by atoms with Crippen LogP contribution in [0.5, 0.6) is 5.75 Å². The van der Waals surface area contributed by atoms with Crippen LogP contribution in [0.1, 0.15) is 16.8 Å². The number of hydrogen-bond acceptors (Lipinski definition) is 4. The van der Waals surface area contributed by atoms with Gasteiger partial charge in [0.15, 0.2) is 5.75 Å². The van der Waals surface area contributed by atoms with Crippen molar-refractivity contribution in [3.63, 3.8) is 0 Å². The van der Waals surface area contributed by atoms with Crippen LogP contribution in [0.4, 0.5) is 10.1 Å². The predicted octanol–water partition coefficient (Wildman–Crippen LogP) is 2.65. The predicted molar refractivity (Wildman–Crippen MR) is 110 cm³/mol. The van der Waals surface area contributed by atoms with Crippen LogP contribution in [0.2, 0.25) is 0 Å². The molecule has 3 aromatic rings. The van der Waals surface area contributed by atoms with Crippen molar-refractivity contribution in [1.29, 1.82) is 0 Å². The molecule has 1 aliphatic rings. The molecule has 154 valence electrons. The van der Waals surface area contributed by atoms with Gasteiger partial charge >= 0.3 is 0 Å². The molecule has 0 aliphatic carbocycles. The van der Waals surface area contributed by atoms with E-state index in [2.05, 4.69) is 0 Å². The second-order valence-electron chi connectivity index (χ2n) is 7.08. The molecule has 0 unspecified atom stereocenters. The summed E-state index contributed by atoms with van der Waals surface area (Å²) in [6.07, 6.45) is 2.19. The van der Waals surface area contributed by atoms with Gasteiger partial charge in [0.1, 0.15) is 19.0 Å². The average Bonchev–Trinajstić information content (AvgIpc) is 3.19. The van der Waals surface area contributed by atoms with Gasteiger partial charge in [0.25, 0.3) is 0 Å². The lowest BCUT2D eigenvalue weighted by atomic mass is 10.2. The topological polar surface area (TPSA) is 71.8 Å². The lowest BCUT2D eigenvalue weighted by molar-refractivity contribution is -0.119. The van der Waals surface area contributed by atoms with Crippen LogP contribution in [0.3, 0.4) is 0 Å². The van der Waals surface area contributed by atoms with Crippen LogP contribution in [0.25, 0.3) is 0 Å². The van der Waals surface area contributed by atoms with Gasteiger partial charge in [-0.05, 0) is 24.1 Å². The van der Waals surface area contributed by atoms with E-state index in [-0.39, 0.29) is 24.8 Å². The van der Waals surface area contributed by atoms with Crippen LogP contribution in [-0.2, 0) is 31.0 Å². The number of nitrogens with zero attached hydrogens (tertiary/aromatic N) is 2. The molecule has 1 amide bonds. The number of halogens is 1. The summed E-state index contributed by atoms with van der Waals surface area (Å²) < 4.78 is 20.8. The number of benzene rings is 2. The number of rotatable bonds is 6. The van der Waals surface area contributed by atoms with E-state index in [0.29, 0.717) is 17.8 Å². The summed E-state index contributed by atoms with van der Waals surface area (Å²) in [5.74, 6) is -0.587. The summed E-state index contributed by atoms with van der Waals surface area (Å²) in [5.41, 5.74) is 2.18. The first kappa shape index (κ1) is 19.8. The number of anilines is 1. The lowest BCUT2D eigenvalue weighted by Crippen LogP contribution is -2.33. The monoisotopic (exact) mass is 408 g/mol. The fourth-order valence-corrected chi connectivity index (χ4v) is 3.58. The van der Waals surface area contributed by atoms with Crippen molar-refractivity contribution in [3.8, 4) is 5.75 Å². The molecule has 1 N–H and O–H groups in total. The van der Waals surface area contributed by atoms with Gasteiger partial charge < -0.3 is 19.3 Å². The summed E-state index contributed by atoms with van der Waals surface area (Å²) in [6, 6.07) is 15.1. The standard InChI is InChI=1S/C23H21FN2O4/c24-19-7-3-1-6-17(19)15-30-22-12-25(18(14-27)11-21(22)28)13-23(29)26-10-9-16-5-2-4-8-20(16)26/h1-8,11-12,27H,9-10,13-15H2. The Morgan fingerprint density at radius 3 is 2.70 bits per heavy atom. The molecular formula is C23H21FN2O4. The number of hydrogen-bond donors (Lipinski definition) is 1. The number of pyridine rings is 1. The maximum atomic E-state index is 13.8. The largest absolute Gasteiger partial charge is 0.483 e. The number of fused-ring (bicyclic) bond motifs is 1. The summed E-state index contributed by atoms with van der Waals surface area (Å²) in [5, 5.41) is 9.64. The average molecular weight is 408 g/mol. The minimum absolute atomic E-state index is 0.00919. The minimum atomic E-state index is -0.439. The third-order valence-corrected chi connectivity index (χ3v) is 5.18. The van der Waals surface area contributed by atoms with E-state index in [9.17, 15) is 19.1 Å². The molecule has 30 heavy (non-hydrogen) atoms. The molecular weight excluding hydrogens is 387 g/mol. The highest BCUT2D eigenvalue weighted by atomic mass is 19.1. The van der Waals surface area contributed by atoms with E-state index < -0.39 is 17.9 Å². The SMILES string of the molecule is O=C(Cn1cc(OCc2ccccc2F)c(=O)cc1CO)N1CCc2ccccc21. The van der Waals surface area contributed by atoms with Crippen molar-refractivity contribution in [1.82, 2.24) is 4.57 Å². The van der Waals surface area contributed by atoms with Crippen LogP contribution < -0.4 is 15.1 Å². The van der Waals surface area contributed by atoms with E-state index in [0.717, 1.165) is 17.7 Å². The molecule has 1 aliphatic heterocycles. The molecule has 0 spiro atoms. The Morgan fingerprint density at radius 2 is 1.90 bits per heavy atom. The summed E-state index contributed by atoms with van der Waals surface area (Å²) in [7, 11) is 0. The molecule has 0 radical (unpaired) electrons. The van der Waals surface area contributed by atoms with Crippen molar-refractivity contribution in [3.05, 3.63) is 93.7 Å². The van der Waals surface area contributed by atoms with E-state index in [1.54, 1.807) is 23.1 Å². The third-order valence-electron chi connectivity index (χ3n) is 5.18. The first-order valence-corrected chi connectivity index (χ1v) is 9.65. The molecule has 0 bridgehead atoms. The summed E-state index contributed by atoms with van der Waals surface area (Å²) in [6.45, 7) is 0.0184. The molecule has 2 heterocycles. The van der Waals surface area contributed by atoms with E-state index in [4.69, 9.17) is 4.74 Å². The summed E-state index contributed by atoms with van der Waals surface area (Å²) in [4.78, 5) is 26.9. The Bertz CT molecular complexity index is 1140. The molecule has 6 nitrogen and oxygen atoms in total. The number of aliphatic hydroxyl groups is 1. The Kier molecular flexibility index (Phi) is 5.63. The van der Waals surface area contributed by atoms with Gasteiger partial charge in [0.05, 0.1) is 12.8 Å². The van der Waals surface area contributed by atoms with Crippen LogP contribution in [0.15, 0.2) is 65.6 Å². The number of para-hydroxylation sites is 1. The zero-order chi connectivity index (χ0) is 21.1. The quantitative estimate of drug-likeness (QED) is 0.681. The van der Waals surface area contributed by atoms with E-state index in [1.165, 1.54) is 22.9 Å². The van der Waals surface area contributed by atoms with Crippen molar-refractivity contribution in [2.24, 2.45) is 0 Å². The third kappa shape index (κ3) is 3.97. The van der Waals surface area contributed by atoms with Crippen molar-refractivity contribution >= 4 is 11.6 Å². The second-order valence-corrected chi connectivity index (χ2v) is 7.08. The van der Waals surface area contributed by atoms with Crippen LogP contribution in [0, 0.1) is 5.82 Å². The first-order valence-electron chi connectivity index (χ1n) is 9.65. The molecule has 0 saturated heterocycles. The Morgan fingerprint density at radius 1 is 1.13 bits per heavy atom. The maximum Gasteiger partial charge on any atom is 0.246 e. The van der Waals surface area contributed by atoms with Gasteiger partial charge in [-0.25, -0.2) is 4.39 Å². The van der Waals surface area contributed by atoms with Gasteiger partial charge in [0, 0.05) is 29.6 Å². The highest BCUT2D eigenvalue weighted by molar-refractivity contribution is 5.95. The maximum absolute atomic E-state index is 13.8. The number of carbonyl (C=O) groups is 1. The fraction of sp³-hybridized carbons (Fsp3) is 0.217. The number of aliphatic hydroxyl groups excluding tert-OH is 1. The molecule has 1 aromatic heterocycles. The Hall–Kier alpha value is -3.45. The molecule has 0 fully saturated rings. The summed E-state index contributed by atoms with van der Waals surface area (Å²) >= 11 is 0. The highest BCUT2D eigenvalue weighted by Crippen LogP contribution is 2.27. The van der Waals surface area contributed by atoms with E-state index in [1.807, 2.05) is 24.3 Å². The van der Waals surface area contributed by atoms with Gasteiger partial charge in [0.2, 0.25) is 11.3 Å². The number of aromatic nitrogens is 1. The van der Waals surface area contributed by atoms with Crippen molar-refractivity contribution in [2.75, 3.05) is 11.4 Å². The smallest absolute Gasteiger partial charge is 0.246 e. The minimum Gasteiger partial charge on any atom is -0.483 e. The zero-order valence-electron chi connectivity index (χ0n) is 16.3. The van der Waals surface area contributed by atoms with Crippen molar-refractivity contribution < 1.29 is 19.0 Å². The van der Waals surface area contributed by atoms with Gasteiger partial charge in [-0.15, -0.1) is 0 Å². The number of carbonyl (C=O) groups excluding carboxylic acids is 1. The molecule has 0 saturated carbocycles. The lowest BCUT2D eigenvalue weighted by Gasteiger charge is -2.20. The van der Waals surface area contributed by atoms with E-state index >= 15 is 0 Å². The molecule has 4 rings (SSSR count). The number of amides is 1. The van der Waals surface area contributed by atoms with Crippen LogP contribution >= 0.6 is 0 Å². The molecule has 0 atom stereocenters. The Labute approximate surface area is 172 Å². The first-order chi connectivity index (χ1) is 14.6. The van der Waals surface area contributed by atoms with Gasteiger partial charge in [-0.1, -0.05) is 36.4 Å². The van der Waals surface area contributed by atoms with Gasteiger partial charge in [-0.3, -0.25) is 9.59 Å². The fourth-order valence-electron chi connectivity index (χ4n) is 3.58. The van der Waals surface area contributed by atoms with Gasteiger partial charge in [-0.2, -0.15) is 0 Å². The zero-order valence-corrected chi connectivity index (χ0v) is 16.3. The molecule has 7 heteroatoms. The molecule has 2 aromatic carbocycles. The number of ether oxygens (including phenoxy) is 1. The highest BCUT2D eigenvalue weighted by Gasteiger charge is 2.24. The Balaban J connectivity index is 1.55.